The van der Waals surface area contributed by atoms with Gasteiger partial charge in [-0.3, -0.25) is 0 Å². The number of aromatic nitrogens is 2. The van der Waals surface area contributed by atoms with Crippen LogP contribution < -0.4 is 4.90 Å². The van der Waals surface area contributed by atoms with E-state index in [4.69, 9.17) is 4.74 Å². The Morgan fingerprint density at radius 3 is 3.15 bits per heavy atom. The van der Waals surface area contributed by atoms with Crippen LogP contribution in [0.3, 0.4) is 0 Å². The van der Waals surface area contributed by atoms with Gasteiger partial charge in [-0.2, -0.15) is 0 Å². The number of hydrogen-bond acceptors (Lipinski definition) is 4. The predicted octanol–water partition coefficient (Wildman–Crippen LogP) is 2.77. The van der Waals surface area contributed by atoms with Gasteiger partial charge in [0.2, 0.25) is 0 Å². The third-order valence-corrected chi connectivity index (χ3v) is 3.66. The molecule has 1 aromatic heterocycles. The molecule has 5 heteroatoms. The van der Waals surface area contributed by atoms with E-state index in [1.807, 2.05) is 6.92 Å². The van der Waals surface area contributed by atoms with Gasteiger partial charge in [0.1, 0.15) is 18.0 Å². The normalized spacial score (nSPS) is 19.5. The van der Waals surface area contributed by atoms with Crippen molar-refractivity contribution in [3.8, 4) is 0 Å². The monoisotopic (exact) mass is 275 g/mol. The number of fused-ring (bicyclic) bond motifs is 1. The lowest BCUT2D eigenvalue weighted by molar-refractivity contribution is 0.0526. The Hall–Kier alpha value is -1.75. The maximum absolute atomic E-state index is 13.5. The number of nitrogens with zero attached hydrogens (tertiary/aromatic N) is 3. The minimum absolute atomic E-state index is 0.229. The van der Waals surface area contributed by atoms with Gasteiger partial charge in [-0.15, -0.1) is 0 Å². The van der Waals surface area contributed by atoms with Crippen LogP contribution in [0.5, 0.6) is 0 Å². The first kappa shape index (κ1) is 13.2. The molecule has 2 aromatic rings. The second-order valence-corrected chi connectivity index (χ2v) is 5.02. The number of anilines is 1. The standard InChI is InChI=1S/C15H18FN3O/c1-2-20-12-4-3-7-19(9-12)15-13-8-11(16)5-6-14(13)17-10-18-15/h5-6,8,10,12H,2-4,7,9H2,1H3. The van der Waals surface area contributed by atoms with Gasteiger partial charge in [-0.05, 0) is 38.0 Å². The second-order valence-electron chi connectivity index (χ2n) is 5.02. The summed E-state index contributed by atoms with van der Waals surface area (Å²) in [6.45, 7) is 4.45. The Labute approximate surface area is 117 Å². The van der Waals surface area contributed by atoms with Gasteiger partial charge in [0.25, 0.3) is 0 Å². The Kier molecular flexibility index (Phi) is 3.78. The molecule has 0 amide bonds. The van der Waals surface area contributed by atoms with Crippen molar-refractivity contribution in [3.05, 3.63) is 30.3 Å². The third kappa shape index (κ3) is 2.58. The van der Waals surface area contributed by atoms with E-state index in [0.717, 1.165) is 49.3 Å². The van der Waals surface area contributed by atoms with Gasteiger partial charge in [-0.1, -0.05) is 0 Å². The Morgan fingerprint density at radius 1 is 1.40 bits per heavy atom. The van der Waals surface area contributed by atoms with Crippen LogP contribution >= 0.6 is 0 Å². The summed E-state index contributed by atoms with van der Waals surface area (Å²) >= 11 is 0. The first-order valence-electron chi connectivity index (χ1n) is 7.04. The zero-order valence-electron chi connectivity index (χ0n) is 11.6. The molecule has 3 rings (SSSR count). The van der Waals surface area contributed by atoms with Crippen LogP contribution in [-0.4, -0.2) is 35.8 Å². The highest BCUT2D eigenvalue weighted by Crippen LogP contribution is 2.26. The van der Waals surface area contributed by atoms with Crippen molar-refractivity contribution in [3.63, 3.8) is 0 Å². The van der Waals surface area contributed by atoms with E-state index in [2.05, 4.69) is 14.9 Å². The van der Waals surface area contributed by atoms with Gasteiger partial charge >= 0.3 is 0 Å². The van der Waals surface area contributed by atoms with Gasteiger partial charge in [0.05, 0.1) is 11.6 Å². The van der Waals surface area contributed by atoms with Crippen LogP contribution in [0.4, 0.5) is 10.2 Å². The molecule has 0 N–H and O–H groups in total. The van der Waals surface area contributed by atoms with E-state index in [-0.39, 0.29) is 11.9 Å². The summed E-state index contributed by atoms with van der Waals surface area (Å²) in [7, 11) is 0. The number of benzene rings is 1. The van der Waals surface area contributed by atoms with Gasteiger partial charge in [0.15, 0.2) is 0 Å². The predicted molar refractivity (Wildman–Crippen MR) is 76.4 cm³/mol. The summed E-state index contributed by atoms with van der Waals surface area (Å²) in [5.41, 5.74) is 0.773. The molecule has 4 nitrogen and oxygen atoms in total. The number of piperidine rings is 1. The fourth-order valence-electron chi connectivity index (χ4n) is 2.77. The van der Waals surface area contributed by atoms with Crippen LogP contribution in [-0.2, 0) is 4.74 Å². The van der Waals surface area contributed by atoms with Crippen LogP contribution in [0.2, 0.25) is 0 Å². The number of halogens is 1. The number of ether oxygens (including phenoxy) is 1. The van der Waals surface area contributed by atoms with E-state index >= 15 is 0 Å². The molecule has 1 aliphatic rings. The molecule has 1 saturated heterocycles. The van der Waals surface area contributed by atoms with E-state index in [0.29, 0.717) is 0 Å². The summed E-state index contributed by atoms with van der Waals surface area (Å²) in [5.74, 6) is 0.547. The molecule has 0 saturated carbocycles. The van der Waals surface area contributed by atoms with Crippen molar-refractivity contribution in [1.82, 2.24) is 9.97 Å². The molecule has 106 valence electrons. The number of hydrogen-bond donors (Lipinski definition) is 0. The molecular weight excluding hydrogens is 257 g/mol. The topological polar surface area (TPSA) is 38.2 Å². The zero-order chi connectivity index (χ0) is 13.9. The Morgan fingerprint density at radius 2 is 2.30 bits per heavy atom. The molecule has 0 spiro atoms. The van der Waals surface area contributed by atoms with Gasteiger partial charge in [-0.25, -0.2) is 14.4 Å². The van der Waals surface area contributed by atoms with Crippen molar-refractivity contribution < 1.29 is 9.13 Å². The molecule has 20 heavy (non-hydrogen) atoms. The smallest absolute Gasteiger partial charge is 0.140 e. The van der Waals surface area contributed by atoms with E-state index in [9.17, 15) is 4.39 Å². The third-order valence-electron chi connectivity index (χ3n) is 3.66. The average molecular weight is 275 g/mol. The lowest BCUT2D eigenvalue weighted by Crippen LogP contribution is -2.40. The maximum Gasteiger partial charge on any atom is 0.140 e. The van der Waals surface area contributed by atoms with E-state index < -0.39 is 0 Å². The van der Waals surface area contributed by atoms with Crippen molar-refractivity contribution in [2.45, 2.75) is 25.9 Å². The fourth-order valence-corrected chi connectivity index (χ4v) is 2.77. The highest BCUT2D eigenvalue weighted by Gasteiger charge is 2.22. The summed E-state index contributed by atoms with van der Waals surface area (Å²) in [5, 5.41) is 0.768. The van der Waals surface area contributed by atoms with Crippen molar-refractivity contribution in [2.24, 2.45) is 0 Å². The Balaban J connectivity index is 1.94. The van der Waals surface area contributed by atoms with E-state index in [1.54, 1.807) is 12.4 Å². The molecule has 1 aliphatic heterocycles. The summed E-state index contributed by atoms with van der Waals surface area (Å²) in [6, 6.07) is 4.63. The van der Waals surface area contributed by atoms with Crippen LogP contribution in [0.25, 0.3) is 10.9 Å². The fraction of sp³-hybridized carbons (Fsp3) is 0.467. The molecule has 1 fully saturated rings. The summed E-state index contributed by atoms with van der Waals surface area (Å²) in [4.78, 5) is 10.7. The minimum atomic E-state index is -0.257. The van der Waals surface area contributed by atoms with Crippen LogP contribution in [0.1, 0.15) is 19.8 Å². The zero-order valence-corrected chi connectivity index (χ0v) is 11.6. The summed E-state index contributed by atoms with van der Waals surface area (Å²) < 4.78 is 19.2. The SMILES string of the molecule is CCOC1CCCN(c2ncnc3ccc(F)cc23)C1. The highest BCUT2D eigenvalue weighted by atomic mass is 19.1. The van der Waals surface area contributed by atoms with Gasteiger partial charge < -0.3 is 9.64 Å². The average Bonchev–Trinajstić information content (AvgIpc) is 2.47. The number of rotatable bonds is 3. The Bertz CT molecular complexity index is 603. The second kappa shape index (κ2) is 5.71. The van der Waals surface area contributed by atoms with Crippen molar-refractivity contribution >= 4 is 16.7 Å². The van der Waals surface area contributed by atoms with Gasteiger partial charge in [0, 0.05) is 25.1 Å². The van der Waals surface area contributed by atoms with Crippen LogP contribution in [0, 0.1) is 5.82 Å². The largest absolute Gasteiger partial charge is 0.377 e. The van der Waals surface area contributed by atoms with Crippen molar-refractivity contribution in [2.75, 3.05) is 24.6 Å². The molecule has 2 heterocycles. The maximum atomic E-state index is 13.5. The minimum Gasteiger partial charge on any atom is -0.377 e. The quantitative estimate of drug-likeness (QED) is 0.863. The van der Waals surface area contributed by atoms with E-state index in [1.165, 1.54) is 12.1 Å². The molecule has 1 aromatic carbocycles. The highest BCUT2D eigenvalue weighted by molar-refractivity contribution is 5.89. The lowest BCUT2D eigenvalue weighted by atomic mass is 10.1. The molecule has 0 radical (unpaired) electrons. The first-order valence-corrected chi connectivity index (χ1v) is 7.04. The molecular formula is C15H18FN3O. The lowest BCUT2D eigenvalue weighted by Gasteiger charge is -2.33. The molecule has 1 atom stereocenters. The molecule has 0 bridgehead atoms. The van der Waals surface area contributed by atoms with Crippen molar-refractivity contribution in [1.29, 1.82) is 0 Å². The molecule has 0 aliphatic carbocycles. The molecule has 1 unspecified atom stereocenters. The summed E-state index contributed by atoms with van der Waals surface area (Å²) in [6.07, 6.45) is 3.90. The first-order chi connectivity index (χ1) is 9.78. The van der Waals surface area contributed by atoms with Crippen LogP contribution in [0.15, 0.2) is 24.5 Å².